The Morgan fingerprint density at radius 1 is 0.657 bits per heavy atom. The number of nitrogen functional groups attached to an aromatic ring is 1. The molecule has 0 aliphatic carbocycles. The summed E-state index contributed by atoms with van der Waals surface area (Å²) in [6, 6.07) is 24.2. The van der Waals surface area contributed by atoms with Crippen molar-refractivity contribution in [1.29, 1.82) is 0 Å². The van der Waals surface area contributed by atoms with Crippen LogP contribution in [0.1, 0.15) is 5.56 Å². The Kier molecular flexibility index (Phi) is 5.16. The minimum Gasteiger partial charge on any atom is -0.382 e. The number of benzene rings is 1. The highest BCUT2D eigenvalue weighted by Gasteiger charge is 2.11. The van der Waals surface area contributed by atoms with Crippen LogP contribution in [0.2, 0.25) is 0 Å². The second-order valence-electron chi connectivity index (χ2n) is 8.06. The van der Waals surface area contributed by atoms with E-state index in [-0.39, 0.29) is 0 Å². The summed E-state index contributed by atoms with van der Waals surface area (Å²) in [6.45, 7) is 0.627. The second kappa shape index (κ2) is 8.75. The first-order valence-electron chi connectivity index (χ1n) is 11.1. The van der Waals surface area contributed by atoms with Gasteiger partial charge in [-0.1, -0.05) is 36.4 Å². The van der Waals surface area contributed by atoms with E-state index in [1.54, 1.807) is 18.7 Å². The van der Waals surface area contributed by atoms with E-state index < -0.39 is 0 Å². The van der Waals surface area contributed by atoms with Crippen LogP contribution in [0, 0.1) is 0 Å². The number of nitrogens with zero attached hydrogens (tertiary/aromatic N) is 7. The van der Waals surface area contributed by atoms with E-state index in [1.807, 2.05) is 41.0 Å². The van der Waals surface area contributed by atoms with Crippen LogP contribution in [0.4, 0.5) is 5.82 Å². The van der Waals surface area contributed by atoms with Crippen LogP contribution in [-0.2, 0) is 6.54 Å². The molecule has 0 radical (unpaired) electrons. The predicted molar refractivity (Wildman–Crippen MR) is 135 cm³/mol. The van der Waals surface area contributed by atoms with Gasteiger partial charge in [-0.05, 0) is 53.1 Å². The molecule has 5 aromatic heterocycles. The molecule has 0 aliphatic rings. The fourth-order valence-electron chi connectivity index (χ4n) is 4.00. The molecule has 0 unspecified atom stereocenters. The third-order valence-electron chi connectivity index (χ3n) is 5.75. The molecule has 6 aromatic rings. The molecule has 8 heteroatoms. The Balaban J connectivity index is 1.36. The van der Waals surface area contributed by atoms with Gasteiger partial charge in [-0.25, -0.2) is 19.9 Å². The lowest BCUT2D eigenvalue weighted by molar-refractivity contribution is 0.813. The Hall–Kier alpha value is -4.98. The second-order valence-corrected chi connectivity index (χ2v) is 8.06. The number of anilines is 1. The lowest BCUT2D eigenvalue weighted by atomic mass is 10.0. The molecule has 0 fully saturated rings. The third kappa shape index (κ3) is 4.08. The first kappa shape index (κ1) is 20.6. The molecule has 1 aromatic carbocycles. The van der Waals surface area contributed by atoms with E-state index in [0.29, 0.717) is 17.9 Å². The molecule has 0 saturated carbocycles. The molecule has 8 nitrogen and oxygen atoms in total. The summed E-state index contributed by atoms with van der Waals surface area (Å²) in [5.41, 5.74) is 13.7. The van der Waals surface area contributed by atoms with Crippen LogP contribution in [-0.4, -0.2) is 34.5 Å². The SMILES string of the molecule is Nc1ncnc2c1ncn2Cc1ccc(-c2cc(-c3ccccn3)nc(-c3ccccn3)c2)cc1. The molecular weight excluding hydrogens is 436 g/mol. The van der Waals surface area contributed by atoms with Gasteiger partial charge < -0.3 is 10.3 Å². The molecule has 2 N–H and O–H groups in total. The molecular formula is C27H20N8. The third-order valence-corrected chi connectivity index (χ3v) is 5.75. The molecule has 0 aliphatic heterocycles. The van der Waals surface area contributed by atoms with Crippen LogP contribution < -0.4 is 5.73 Å². The van der Waals surface area contributed by atoms with Gasteiger partial charge in [-0.3, -0.25) is 9.97 Å². The van der Waals surface area contributed by atoms with Crippen molar-refractivity contribution in [2.45, 2.75) is 6.54 Å². The van der Waals surface area contributed by atoms with Crippen molar-refractivity contribution in [3.8, 4) is 33.9 Å². The zero-order chi connectivity index (χ0) is 23.6. The Labute approximate surface area is 201 Å². The van der Waals surface area contributed by atoms with Crippen molar-refractivity contribution in [1.82, 2.24) is 34.5 Å². The van der Waals surface area contributed by atoms with Gasteiger partial charge in [0.25, 0.3) is 0 Å². The van der Waals surface area contributed by atoms with E-state index >= 15 is 0 Å². The average molecular weight is 457 g/mol. The zero-order valence-corrected chi connectivity index (χ0v) is 18.7. The standard InChI is InChI=1S/C27H20N8/c28-26-25-27(32-16-31-26)35(17-33-25)15-18-7-9-19(10-8-18)20-13-23(21-5-1-3-11-29-21)34-24(14-20)22-6-2-4-12-30-22/h1-14,16-17H,15H2,(H2,28,31,32). The van der Waals surface area contributed by atoms with E-state index in [9.17, 15) is 0 Å². The lowest BCUT2D eigenvalue weighted by Crippen LogP contribution is -2.00. The Bertz CT molecular complexity index is 1550. The van der Waals surface area contributed by atoms with Crippen molar-refractivity contribution >= 4 is 17.0 Å². The predicted octanol–water partition coefficient (Wildman–Crippen LogP) is 4.64. The van der Waals surface area contributed by atoms with E-state index in [4.69, 9.17) is 10.7 Å². The number of aromatic nitrogens is 7. The average Bonchev–Trinajstić information content (AvgIpc) is 3.34. The number of pyridine rings is 3. The first-order chi connectivity index (χ1) is 17.2. The monoisotopic (exact) mass is 456 g/mol. The van der Waals surface area contributed by atoms with Gasteiger partial charge in [0.05, 0.1) is 35.6 Å². The highest BCUT2D eigenvalue weighted by molar-refractivity contribution is 5.81. The highest BCUT2D eigenvalue weighted by atomic mass is 15.1. The Morgan fingerprint density at radius 2 is 1.34 bits per heavy atom. The quantitative estimate of drug-likeness (QED) is 0.402. The minimum atomic E-state index is 0.384. The van der Waals surface area contributed by atoms with Crippen LogP contribution in [0.25, 0.3) is 45.1 Å². The summed E-state index contributed by atoms with van der Waals surface area (Å²) >= 11 is 0. The molecule has 6 rings (SSSR count). The number of hydrogen-bond acceptors (Lipinski definition) is 7. The summed E-state index contributed by atoms with van der Waals surface area (Å²) in [5.74, 6) is 0.384. The van der Waals surface area contributed by atoms with Crippen LogP contribution >= 0.6 is 0 Å². The van der Waals surface area contributed by atoms with Crippen LogP contribution in [0.3, 0.4) is 0 Å². The normalized spacial score (nSPS) is 11.1. The first-order valence-corrected chi connectivity index (χ1v) is 11.1. The zero-order valence-electron chi connectivity index (χ0n) is 18.7. The largest absolute Gasteiger partial charge is 0.382 e. The number of imidazole rings is 1. The number of hydrogen-bond donors (Lipinski definition) is 1. The van der Waals surface area contributed by atoms with Crippen molar-refractivity contribution in [2.75, 3.05) is 5.73 Å². The van der Waals surface area contributed by atoms with Gasteiger partial charge in [-0.2, -0.15) is 0 Å². The summed E-state index contributed by atoms with van der Waals surface area (Å²) < 4.78 is 1.97. The summed E-state index contributed by atoms with van der Waals surface area (Å²) in [7, 11) is 0. The highest BCUT2D eigenvalue weighted by Crippen LogP contribution is 2.29. The topological polar surface area (TPSA) is 108 Å². The molecule has 0 atom stereocenters. The van der Waals surface area contributed by atoms with Crippen LogP contribution in [0.15, 0.2) is 97.8 Å². The van der Waals surface area contributed by atoms with Crippen molar-refractivity contribution in [2.24, 2.45) is 0 Å². The van der Waals surface area contributed by atoms with E-state index in [1.165, 1.54) is 6.33 Å². The van der Waals surface area contributed by atoms with E-state index in [0.717, 1.165) is 45.1 Å². The van der Waals surface area contributed by atoms with E-state index in [2.05, 4.69) is 61.3 Å². The molecule has 35 heavy (non-hydrogen) atoms. The van der Waals surface area contributed by atoms with Crippen molar-refractivity contribution < 1.29 is 0 Å². The maximum atomic E-state index is 5.91. The number of fused-ring (bicyclic) bond motifs is 1. The fourth-order valence-corrected chi connectivity index (χ4v) is 4.00. The van der Waals surface area contributed by atoms with Gasteiger partial charge in [0.2, 0.25) is 0 Å². The van der Waals surface area contributed by atoms with Gasteiger partial charge in [-0.15, -0.1) is 0 Å². The number of nitrogens with two attached hydrogens (primary N) is 1. The number of rotatable bonds is 5. The van der Waals surface area contributed by atoms with Crippen LogP contribution in [0.5, 0.6) is 0 Å². The summed E-state index contributed by atoms with van der Waals surface area (Å²) in [6.07, 6.45) is 6.75. The fraction of sp³-hybridized carbons (Fsp3) is 0.0370. The molecule has 0 amide bonds. The minimum absolute atomic E-state index is 0.384. The van der Waals surface area contributed by atoms with Gasteiger partial charge >= 0.3 is 0 Å². The summed E-state index contributed by atoms with van der Waals surface area (Å²) in [4.78, 5) is 26.5. The maximum absolute atomic E-state index is 5.91. The summed E-state index contributed by atoms with van der Waals surface area (Å²) in [5, 5.41) is 0. The Morgan fingerprint density at radius 3 is 1.97 bits per heavy atom. The molecule has 0 saturated heterocycles. The van der Waals surface area contributed by atoms with Gasteiger partial charge in [0, 0.05) is 12.4 Å². The molecule has 168 valence electrons. The van der Waals surface area contributed by atoms with Gasteiger partial charge in [0.15, 0.2) is 11.5 Å². The maximum Gasteiger partial charge on any atom is 0.165 e. The lowest BCUT2D eigenvalue weighted by Gasteiger charge is -2.10. The van der Waals surface area contributed by atoms with Crippen molar-refractivity contribution in [3.63, 3.8) is 0 Å². The molecule has 5 heterocycles. The smallest absolute Gasteiger partial charge is 0.165 e. The van der Waals surface area contributed by atoms with Crippen molar-refractivity contribution in [3.05, 3.63) is 103 Å². The van der Waals surface area contributed by atoms with Gasteiger partial charge in [0.1, 0.15) is 11.8 Å². The molecule has 0 spiro atoms. The molecule has 0 bridgehead atoms.